The van der Waals surface area contributed by atoms with Gasteiger partial charge in [-0.15, -0.1) is 0 Å². The molecule has 0 amide bonds. The number of anilines is 2. The lowest BCUT2D eigenvalue weighted by molar-refractivity contribution is 0.483. The molecule has 0 N–H and O–H groups in total. The number of ether oxygens (including phenoxy) is 1. The summed E-state index contributed by atoms with van der Waals surface area (Å²) in [5, 5.41) is 2.34. The molecule has 1 aliphatic heterocycles. The van der Waals surface area contributed by atoms with E-state index < -0.39 is 0 Å². The second-order valence-electron chi connectivity index (χ2n) is 18.8. The summed E-state index contributed by atoms with van der Waals surface area (Å²) in [6.45, 7) is 25.7. The smallest absolute Gasteiger partial charge is 0.137 e. The van der Waals surface area contributed by atoms with Crippen molar-refractivity contribution in [1.29, 1.82) is 0 Å². The first-order valence-electron chi connectivity index (χ1n) is 20.2. The van der Waals surface area contributed by atoms with E-state index in [-0.39, 0.29) is 16.2 Å². The molecule has 57 heavy (non-hydrogen) atoms. The van der Waals surface area contributed by atoms with Gasteiger partial charge in [-0.2, -0.15) is 0 Å². The monoisotopic (exact) mass is 752 g/mol. The van der Waals surface area contributed by atoms with E-state index in [9.17, 15) is 0 Å². The van der Waals surface area contributed by atoms with E-state index in [1.54, 1.807) is 0 Å². The van der Waals surface area contributed by atoms with Crippen LogP contribution >= 0.6 is 0 Å². The van der Waals surface area contributed by atoms with E-state index in [2.05, 4.69) is 206 Å². The normalized spacial score (nSPS) is 14.0. The first kappa shape index (κ1) is 38.1. The highest BCUT2D eigenvalue weighted by atomic mass is 16.5. The van der Waals surface area contributed by atoms with E-state index in [1.165, 1.54) is 50.3 Å². The van der Waals surface area contributed by atoms with Crippen LogP contribution in [0.4, 0.5) is 11.4 Å². The molecule has 7 aromatic rings. The first-order chi connectivity index (χ1) is 27.0. The fourth-order valence-electron chi connectivity index (χ4n) is 7.91. The van der Waals surface area contributed by atoms with E-state index in [0.29, 0.717) is 0 Å². The first-order valence-corrected chi connectivity index (χ1v) is 20.2. The molecule has 8 rings (SSSR count). The van der Waals surface area contributed by atoms with Gasteiger partial charge in [0.2, 0.25) is 0 Å². The summed E-state index contributed by atoms with van der Waals surface area (Å²) in [6, 6.07) is 43.8. The highest BCUT2D eigenvalue weighted by Crippen LogP contribution is 2.41. The topological polar surface area (TPSA) is 33.5 Å². The van der Waals surface area contributed by atoms with Crippen molar-refractivity contribution in [2.75, 3.05) is 16.5 Å². The fraction of sp³-hybridized carbons (Fsp3) is 0.288. The number of aromatic nitrogens is 2. The molecule has 0 radical (unpaired) electrons. The highest BCUT2D eigenvalue weighted by molar-refractivity contribution is 6.10. The molecular formula is C52H56N4O. The third-order valence-electron chi connectivity index (χ3n) is 11.6. The van der Waals surface area contributed by atoms with E-state index in [0.717, 1.165) is 46.1 Å². The van der Waals surface area contributed by atoms with Gasteiger partial charge in [0.05, 0.1) is 17.7 Å². The average Bonchev–Trinajstić information content (AvgIpc) is 3.66. The zero-order valence-electron chi connectivity index (χ0n) is 35.5. The number of allylic oxidation sites excluding steroid dienone is 2. The number of hydrogen-bond acceptors (Lipinski definition) is 4. The van der Waals surface area contributed by atoms with Gasteiger partial charge < -0.3 is 14.5 Å². The molecular weight excluding hydrogens is 697 g/mol. The predicted molar refractivity (Wildman–Crippen MR) is 241 cm³/mol. The maximum absolute atomic E-state index is 6.73. The summed E-state index contributed by atoms with van der Waals surface area (Å²) in [7, 11) is 0. The van der Waals surface area contributed by atoms with Crippen molar-refractivity contribution in [3.8, 4) is 28.4 Å². The molecule has 0 aliphatic carbocycles. The Morgan fingerprint density at radius 3 is 1.81 bits per heavy atom. The molecule has 5 heteroatoms. The van der Waals surface area contributed by atoms with Gasteiger partial charge >= 0.3 is 0 Å². The Morgan fingerprint density at radius 2 is 1.14 bits per heavy atom. The van der Waals surface area contributed by atoms with Crippen molar-refractivity contribution in [1.82, 2.24) is 9.55 Å². The summed E-state index contributed by atoms with van der Waals surface area (Å²) in [4.78, 5) is 9.77. The molecule has 0 bridgehead atoms. The van der Waals surface area contributed by atoms with Crippen LogP contribution in [0.5, 0.6) is 11.5 Å². The number of hydrogen-bond donors (Lipinski definition) is 0. The van der Waals surface area contributed by atoms with Crippen molar-refractivity contribution in [3.05, 3.63) is 156 Å². The van der Waals surface area contributed by atoms with E-state index in [1.807, 2.05) is 12.3 Å². The molecule has 3 heterocycles. The summed E-state index contributed by atoms with van der Waals surface area (Å²) in [5.41, 5.74) is 13.4. The Balaban J connectivity index is 1.16. The van der Waals surface area contributed by atoms with Crippen LogP contribution in [0.3, 0.4) is 0 Å². The van der Waals surface area contributed by atoms with Crippen LogP contribution in [0, 0.1) is 0 Å². The van der Waals surface area contributed by atoms with Gasteiger partial charge in [0.15, 0.2) is 0 Å². The minimum Gasteiger partial charge on any atom is -0.457 e. The van der Waals surface area contributed by atoms with Crippen LogP contribution in [0.25, 0.3) is 38.8 Å². The summed E-state index contributed by atoms with van der Waals surface area (Å²) in [6.07, 6.45) is 1.93. The largest absolute Gasteiger partial charge is 0.457 e. The van der Waals surface area contributed by atoms with Crippen molar-refractivity contribution in [3.63, 3.8) is 0 Å². The van der Waals surface area contributed by atoms with Gasteiger partial charge in [-0.05, 0) is 119 Å². The lowest BCUT2D eigenvalue weighted by Gasteiger charge is -2.30. The van der Waals surface area contributed by atoms with Crippen molar-refractivity contribution < 1.29 is 4.74 Å². The fourth-order valence-corrected chi connectivity index (χ4v) is 7.91. The van der Waals surface area contributed by atoms with Crippen LogP contribution < -0.4 is 14.5 Å². The Bertz CT molecular complexity index is 2630. The number of pyridine rings is 1. The Morgan fingerprint density at radius 1 is 0.491 bits per heavy atom. The van der Waals surface area contributed by atoms with Crippen molar-refractivity contribution >= 4 is 33.2 Å². The zero-order chi connectivity index (χ0) is 40.4. The Hall–Kier alpha value is -5.81. The molecule has 290 valence electrons. The lowest BCUT2D eigenvalue weighted by Crippen LogP contribution is -2.28. The lowest BCUT2D eigenvalue weighted by atomic mass is 9.80. The van der Waals surface area contributed by atoms with E-state index in [4.69, 9.17) is 9.72 Å². The van der Waals surface area contributed by atoms with Gasteiger partial charge in [0.25, 0.3) is 0 Å². The summed E-state index contributed by atoms with van der Waals surface area (Å²) in [5.74, 6) is 2.47. The van der Waals surface area contributed by atoms with Gasteiger partial charge in [0.1, 0.15) is 17.3 Å². The van der Waals surface area contributed by atoms with Crippen molar-refractivity contribution in [2.45, 2.75) is 92.4 Å². The molecule has 5 aromatic carbocycles. The van der Waals surface area contributed by atoms with Crippen LogP contribution in [-0.4, -0.2) is 16.2 Å². The number of nitrogens with zero attached hydrogens (tertiary/aromatic N) is 4. The Labute approximate surface area is 339 Å². The van der Waals surface area contributed by atoms with Gasteiger partial charge in [-0.3, -0.25) is 4.57 Å². The van der Waals surface area contributed by atoms with Crippen LogP contribution in [0.15, 0.2) is 139 Å². The highest BCUT2D eigenvalue weighted by Gasteiger charge is 2.29. The Kier molecular flexibility index (Phi) is 9.34. The standard InChI is InChI=1S/C52H56N4O/c1-34-35(2)55(42-28-39(51(6,7)8)27-40(29-42)52(9,10)11)33-54(34)41-18-15-19-43(31-41)57-44-21-22-45-46-26-37(36-16-13-12-14-17-36)20-23-47(46)56(48(45)32-44)49-30-38(24-25-53-49)50(3,4)5/h12-32H,33H2,1-11H3. The van der Waals surface area contributed by atoms with E-state index >= 15 is 0 Å². The molecule has 0 fully saturated rings. The molecule has 2 aromatic heterocycles. The maximum Gasteiger partial charge on any atom is 0.137 e. The van der Waals surface area contributed by atoms with Crippen LogP contribution in [0.2, 0.25) is 0 Å². The minimum atomic E-state index is -0.0134. The molecule has 0 saturated carbocycles. The van der Waals surface area contributed by atoms with Crippen LogP contribution in [0.1, 0.15) is 92.9 Å². The molecule has 0 saturated heterocycles. The zero-order valence-corrected chi connectivity index (χ0v) is 35.5. The molecule has 0 unspecified atom stereocenters. The second-order valence-corrected chi connectivity index (χ2v) is 18.8. The minimum absolute atomic E-state index is 0.0134. The van der Waals surface area contributed by atoms with Gasteiger partial charge in [-0.25, -0.2) is 4.98 Å². The maximum atomic E-state index is 6.73. The molecule has 1 aliphatic rings. The second kappa shape index (κ2) is 14.0. The van der Waals surface area contributed by atoms with Gasteiger partial charge in [0, 0.05) is 51.9 Å². The quantitative estimate of drug-likeness (QED) is 0.169. The van der Waals surface area contributed by atoms with Crippen molar-refractivity contribution in [2.24, 2.45) is 0 Å². The summed E-state index contributed by atoms with van der Waals surface area (Å²) < 4.78 is 9.02. The van der Waals surface area contributed by atoms with Gasteiger partial charge in [-0.1, -0.05) is 111 Å². The number of benzene rings is 5. The molecule has 0 atom stereocenters. The summed E-state index contributed by atoms with van der Waals surface area (Å²) >= 11 is 0. The molecule has 5 nitrogen and oxygen atoms in total. The molecule has 0 spiro atoms. The van der Waals surface area contributed by atoms with Crippen LogP contribution in [-0.2, 0) is 16.2 Å². The average molecular weight is 753 g/mol. The third kappa shape index (κ3) is 7.32. The predicted octanol–water partition coefficient (Wildman–Crippen LogP) is 14.1. The number of fused-ring (bicyclic) bond motifs is 3. The number of rotatable bonds is 6. The SMILES string of the molecule is CC1=C(C)N(c2cc(C(C)(C)C)cc(C(C)(C)C)c2)CN1c1cccc(Oc2ccc3c4cc(-c5ccccc5)ccc4n(-c4cc(C(C)(C)C)ccn4)c3c2)c1. The third-order valence-corrected chi connectivity index (χ3v) is 11.6.